The van der Waals surface area contributed by atoms with Gasteiger partial charge in [0.05, 0.1) is 25.2 Å². The second kappa shape index (κ2) is 10.7. The van der Waals surface area contributed by atoms with Gasteiger partial charge in [0.2, 0.25) is 5.71 Å². The highest BCUT2D eigenvalue weighted by Crippen LogP contribution is 2.45. The van der Waals surface area contributed by atoms with Gasteiger partial charge in [0.25, 0.3) is 0 Å². The predicted octanol–water partition coefficient (Wildman–Crippen LogP) is 5.63. The predicted molar refractivity (Wildman–Crippen MR) is 130 cm³/mol. The van der Waals surface area contributed by atoms with Crippen molar-refractivity contribution in [3.8, 4) is 33.9 Å². The Kier molecular flexibility index (Phi) is 7.27. The topological polar surface area (TPSA) is 107 Å². The van der Waals surface area contributed by atoms with Crippen LogP contribution in [0.1, 0.15) is 25.7 Å². The van der Waals surface area contributed by atoms with Crippen molar-refractivity contribution in [2.75, 3.05) is 26.1 Å². The molecule has 0 amide bonds. The van der Waals surface area contributed by atoms with Gasteiger partial charge in [-0.05, 0) is 42.7 Å². The van der Waals surface area contributed by atoms with Crippen LogP contribution in [-0.4, -0.2) is 41.8 Å². The Labute approximate surface area is 197 Å². The van der Waals surface area contributed by atoms with E-state index in [-0.39, 0.29) is 6.42 Å². The first kappa shape index (κ1) is 23.1. The van der Waals surface area contributed by atoms with Crippen molar-refractivity contribution >= 4 is 22.9 Å². The van der Waals surface area contributed by atoms with E-state index in [9.17, 15) is 4.79 Å². The zero-order valence-electron chi connectivity index (χ0n) is 19.2. The maximum absolute atomic E-state index is 10.7. The molecule has 0 bridgehead atoms. The summed E-state index contributed by atoms with van der Waals surface area (Å²) in [4.78, 5) is 19.6. The molecule has 4 aromatic rings. The number of aromatic nitrogens is 2. The molecule has 2 aromatic heterocycles. The highest BCUT2D eigenvalue weighted by molar-refractivity contribution is 6.06. The van der Waals surface area contributed by atoms with Gasteiger partial charge in [0.15, 0.2) is 0 Å². The molecule has 2 aromatic carbocycles. The number of hydrogen-bond donors (Lipinski definition) is 2. The van der Waals surface area contributed by atoms with Crippen molar-refractivity contribution in [2.45, 2.75) is 25.7 Å². The van der Waals surface area contributed by atoms with Gasteiger partial charge in [-0.25, -0.2) is 9.97 Å². The van der Waals surface area contributed by atoms with Gasteiger partial charge in [0, 0.05) is 18.5 Å². The summed E-state index contributed by atoms with van der Waals surface area (Å²) in [6.45, 7) is 0.656. The van der Waals surface area contributed by atoms with Crippen molar-refractivity contribution in [3.63, 3.8) is 0 Å². The van der Waals surface area contributed by atoms with Crippen LogP contribution in [-0.2, 0) is 4.79 Å². The average molecular weight is 462 g/mol. The lowest BCUT2D eigenvalue weighted by Crippen LogP contribution is -2.04. The van der Waals surface area contributed by atoms with Gasteiger partial charge in [-0.1, -0.05) is 30.7 Å². The molecule has 0 unspecified atom stereocenters. The molecule has 0 aliphatic carbocycles. The number of ether oxygens (including phenoxy) is 2. The lowest BCUT2D eigenvalue weighted by Gasteiger charge is -2.10. The molecule has 0 radical (unpaired) electrons. The summed E-state index contributed by atoms with van der Waals surface area (Å²) in [5, 5.41) is 13.0. The van der Waals surface area contributed by atoms with Crippen LogP contribution in [0, 0.1) is 0 Å². The van der Waals surface area contributed by atoms with Gasteiger partial charge in [-0.15, -0.1) is 0 Å². The van der Waals surface area contributed by atoms with E-state index in [1.54, 1.807) is 14.2 Å². The number of rotatable bonds is 11. The van der Waals surface area contributed by atoms with E-state index in [2.05, 4.69) is 15.3 Å². The summed E-state index contributed by atoms with van der Waals surface area (Å²) in [5.41, 5.74) is 3.07. The van der Waals surface area contributed by atoms with Crippen LogP contribution in [0.15, 0.2) is 59.3 Å². The number of carbonyl (C=O) groups is 1. The molecular formula is C26H27N3O5. The smallest absolute Gasteiger partial charge is 0.303 e. The van der Waals surface area contributed by atoms with Gasteiger partial charge in [-0.2, -0.15) is 0 Å². The van der Waals surface area contributed by atoms with Crippen LogP contribution in [0.5, 0.6) is 11.5 Å². The number of unbranched alkanes of at least 4 members (excludes halogenated alkanes) is 2. The zero-order chi connectivity index (χ0) is 23.9. The monoisotopic (exact) mass is 461 g/mol. The molecule has 0 saturated heterocycles. The van der Waals surface area contributed by atoms with Crippen LogP contribution < -0.4 is 14.8 Å². The number of hydrogen-bond acceptors (Lipinski definition) is 7. The molecule has 176 valence electrons. The van der Waals surface area contributed by atoms with Crippen LogP contribution in [0.3, 0.4) is 0 Å². The first-order chi connectivity index (χ1) is 16.6. The molecule has 0 fully saturated rings. The van der Waals surface area contributed by atoms with Crippen molar-refractivity contribution in [1.29, 1.82) is 0 Å². The number of methoxy groups -OCH3 is 2. The maximum atomic E-state index is 10.7. The van der Waals surface area contributed by atoms with E-state index in [1.807, 2.05) is 48.5 Å². The standard InChI is InChI=1S/C26H27N3O5/c1-32-18-13-11-17(12-14-18)22-23-25(27-15-7-3-4-10-21(30)31)28-16-29-26(23)34-24(22)19-8-5-6-9-20(19)33-2/h5-6,8-9,11-14,16H,3-4,7,10,15H2,1-2H3,(H,30,31)(H,27,28,29). The molecule has 2 N–H and O–H groups in total. The minimum atomic E-state index is -0.767. The van der Waals surface area contributed by atoms with Crippen molar-refractivity contribution in [3.05, 3.63) is 54.9 Å². The summed E-state index contributed by atoms with van der Waals surface area (Å²) >= 11 is 0. The Morgan fingerprint density at radius 1 is 1.00 bits per heavy atom. The Morgan fingerprint density at radius 2 is 1.79 bits per heavy atom. The lowest BCUT2D eigenvalue weighted by molar-refractivity contribution is -0.137. The van der Waals surface area contributed by atoms with Crippen LogP contribution in [0.25, 0.3) is 33.6 Å². The molecule has 0 aliphatic rings. The number of nitrogens with one attached hydrogen (secondary N) is 1. The van der Waals surface area contributed by atoms with Gasteiger partial charge >= 0.3 is 5.97 Å². The Balaban J connectivity index is 1.76. The lowest BCUT2D eigenvalue weighted by atomic mass is 9.98. The summed E-state index contributed by atoms with van der Waals surface area (Å²) in [5.74, 6) is 1.99. The molecule has 0 saturated carbocycles. The molecule has 2 heterocycles. The van der Waals surface area contributed by atoms with E-state index < -0.39 is 5.97 Å². The van der Waals surface area contributed by atoms with Gasteiger partial charge in [-0.3, -0.25) is 4.79 Å². The third kappa shape index (κ3) is 4.96. The Morgan fingerprint density at radius 3 is 2.53 bits per heavy atom. The summed E-state index contributed by atoms with van der Waals surface area (Å²) in [7, 11) is 3.26. The van der Waals surface area contributed by atoms with E-state index in [0.29, 0.717) is 36.0 Å². The van der Waals surface area contributed by atoms with Crippen molar-refractivity contribution < 1.29 is 23.8 Å². The number of aliphatic carboxylic acids is 1. The molecule has 8 nitrogen and oxygen atoms in total. The van der Waals surface area contributed by atoms with Crippen LogP contribution >= 0.6 is 0 Å². The fourth-order valence-corrected chi connectivity index (χ4v) is 3.91. The number of nitrogens with zero attached hydrogens (tertiary/aromatic N) is 2. The van der Waals surface area contributed by atoms with Crippen molar-refractivity contribution in [1.82, 2.24) is 9.97 Å². The SMILES string of the molecule is COc1ccc(-c2c(-c3ccccc3OC)oc3ncnc(NCCCCCC(=O)O)c23)cc1. The average Bonchev–Trinajstić information content (AvgIpc) is 3.26. The second-order valence-corrected chi connectivity index (χ2v) is 7.77. The van der Waals surface area contributed by atoms with E-state index in [1.165, 1.54) is 6.33 Å². The number of carboxylic acid groups (broad SMARTS) is 1. The number of fused-ring (bicyclic) bond motifs is 1. The molecule has 34 heavy (non-hydrogen) atoms. The third-order valence-corrected chi connectivity index (χ3v) is 5.58. The maximum Gasteiger partial charge on any atom is 0.303 e. The van der Waals surface area contributed by atoms with E-state index >= 15 is 0 Å². The molecule has 0 atom stereocenters. The normalized spacial score (nSPS) is 10.9. The number of furan rings is 1. The molecule has 0 aliphatic heterocycles. The fourth-order valence-electron chi connectivity index (χ4n) is 3.91. The Hall–Kier alpha value is -4.07. The van der Waals surface area contributed by atoms with Gasteiger partial charge in [0.1, 0.15) is 29.4 Å². The third-order valence-electron chi connectivity index (χ3n) is 5.58. The number of carboxylic acids is 1. The van der Waals surface area contributed by atoms with Crippen LogP contribution in [0.2, 0.25) is 0 Å². The minimum absolute atomic E-state index is 0.184. The number of anilines is 1. The minimum Gasteiger partial charge on any atom is -0.497 e. The molecule has 0 spiro atoms. The molecular weight excluding hydrogens is 434 g/mol. The molecule has 4 rings (SSSR count). The zero-order valence-corrected chi connectivity index (χ0v) is 19.2. The first-order valence-electron chi connectivity index (χ1n) is 11.1. The summed E-state index contributed by atoms with van der Waals surface area (Å²) < 4.78 is 17.2. The van der Waals surface area contributed by atoms with Crippen LogP contribution in [0.4, 0.5) is 5.82 Å². The highest BCUT2D eigenvalue weighted by atomic mass is 16.5. The second-order valence-electron chi connectivity index (χ2n) is 7.77. The highest BCUT2D eigenvalue weighted by Gasteiger charge is 2.24. The molecule has 8 heteroatoms. The first-order valence-corrected chi connectivity index (χ1v) is 11.1. The van der Waals surface area contributed by atoms with Gasteiger partial charge < -0.3 is 24.3 Å². The van der Waals surface area contributed by atoms with E-state index in [4.69, 9.17) is 19.0 Å². The summed E-state index contributed by atoms with van der Waals surface area (Å²) in [6, 6.07) is 15.4. The largest absolute Gasteiger partial charge is 0.497 e. The Bertz CT molecular complexity index is 1270. The number of benzene rings is 2. The summed E-state index contributed by atoms with van der Waals surface area (Å²) in [6.07, 6.45) is 3.95. The van der Waals surface area contributed by atoms with E-state index in [0.717, 1.165) is 40.7 Å². The number of para-hydroxylation sites is 1. The van der Waals surface area contributed by atoms with Crippen molar-refractivity contribution in [2.24, 2.45) is 0 Å². The quantitative estimate of drug-likeness (QED) is 0.277. The fraction of sp³-hybridized carbons (Fsp3) is 0.269.